The molecule has 0 spiro atoms. The Morgan fingerprint density at radius 1 is 1.73 bits per heavy atom. The zero-order valence-corrected chi connectivity index (χ0v) is 6.56. The summed E-state index contributed by atoms with van der Waals surface area (Å²) in [7, 11) is 0. The van der Waals surface area contributed by atoms with Crippen molar-refractivity contribution < 1.29 is 9.59 Å². The Labute approximate surface area is 68.0 Å². The predicted molar refractivity (Wildman–Crippen MR) is 42.7 cm³/mol. The molecule has 0 radical (unpaired) electrons. The van der Waals surface area contributed by atoms with Crippen LogP contribution in [0.25, 0.3) is 0 Å². The first kappa shape index (κ1) is 7.94. The Hall–Kier alpha value is -1.16. The minimum Gasteiger partial charge on any atom is -0.351 e. The highest BCUT2D eigenvalue weighted by atomic mass is 32.1. The molecule has 0 unspecified atom stereocenters. The maximum absolute atomic E-state index is 11.1. The number of rotatable bonds is 4. The number of amides is 1. The van der Waals surface area contributed by atoms with Crippen LogP contribution in [0.4, 0.5) is 0 Å². The Bertz CT molecular complexity index is 243. The molecule has 0 fully saturated rings. The quantitative estimate of drug-likeness (QED) is 0.532. The van der Waals surface area contributed by atoms with Crippen molar-refractivity contribution in [2.45, 2.75) is 0 Å². The minimum atomic E-state index is -0.0490. The minimum absolute atomic E-state index is 0.0490. The Balaban J connectivity index is 2.49. The summed E-state index contributed by atoms with van der Waals surface area (Å²) < 4.78 is 0. The maximum Gasteiger partial charge on any atom is 0.207 e. The number of hydrogen-bond acceptors (Lipinski definition) is 3. The Morgan fingerprint density at radius 3 is 3.09 bits per heavy atom. The third kappa shape index (κ3) is 2.16. The van der Waals surface area contributed by atoms with Crippen molar-refractivity contribution >= 4 is 23.5 Å². The molecule has 1 aromatic rings. The van der Waals surface area contributed by atoms with E-state index in [4.69, 9.17) is 0 Å². The van der Waals surface area contributed by atoms with Gasteiger partial charge in [-0.25, -0.2) is 0 Å². The molecular formula is C7H7NO2S. The molecule has 0 aromatic carbocycles. The Morgan fingerprint density at radius 2 is 2.55 bits per heavy atom. The number of Topliss-reactive ketones (excluding diaryl/α,β-unsaturated/α-hetero) is 1. The first-order chi connectivity index (χ1) is 5.34. The van der Waals surface area contributed by atoms with Gasteiger partial charge < -0.3 is 5.32 Å². The van der Waals surface area contributed by atoms with Gasteiger partial charge >= 0.3 is 0 Å². The van der Waals surface area contributed by atoms with Crippen molar-refractivity contribution in [1.82, 2.24) is 5.32 Å². The van der Waals surface area contributed by atoms with E-state index in [0.717, 1.165) is 0 Å². The van der Waals surface area contributed by atoms with Crippen LogP contribution >= 0.6 is 11.3 Å². The predicted octanol–water partition coefficient (Wildman–Crippen LogP) is 0.677. The summed E-state index contributed by atoms with van der Waals surface area (Å²) in [5.41, 5.74) is 0. The zero-order valence-electron chi connectivity index (χ0n) is 5.74. The van der Waals surface area contributed by atoms with Gasteiger partial charge in [0.15, 0.2) is 5.78 Å². The molecule has 0 aliphatic rings. The molecular weight excluding hydrogens is 162 g/mol. The topological polar surface area (TPSA) is 46.2 Å². The van der Waals surface area contributed by atoms with Crippen molar-refractivity contribution in [3.8, 4) is 0 Å². The van der Waals surface area contributed by atoms with E-state index in [9.17, 15) is 9.59 Å². The van der Waals surface area contributed by atoms with Crippen LogP contribution in [-0.4, -0.2) is 18.7 Å². The van der Waals surface area contributed by atoms with E-state index in [1.54, 1.807) is 12.1 Å². The fraction of sp³-hybridized carbons (Fsp3) is 0.143. The van der Waals surface area contributed by atoms with E-state index in [0.29, 0.717) is 11.3 Å². The lowest BCUT2D eigenvalue weighted by Crippen LogP contribution is -2.20. The standard InChI is InChI=1S/C7H7NO2S/c9-5-8-4-6(10)7-2-1-3-11-7/h1-3,5H,4H2,(H,8,9). The van der Waals surface area contributed by atoms with Crippen molar-refractivity contribution in [2.75, 3.05) is 6.54 Å². The Kier molecular flexibility index (Phi) is 2.80. The first-order valence-corrected chi connectivity index (χ1v) is 3.96. The molecule has 0 saturated carbocycles. The second-order valence-electron chi connectivity index (χ2n) is 1.90. The van der Waals surface area contributed by atoms with Crippen LogP contribution in [0.1, 0.15) is 9.67 Å². The second kappa shape index (κ2) is 3.88. The highest BCUT2D eigenvalue weighted by Crippen LogP contribution is 2.08. The van der Waals surface area contributed by atoms with E-state index in [1.807, 2.05) is 5.38 Å². The van der Waals surface area contributed by atoms with E-state index < -0.39 is 0 Å². The SMILES string of the molecule is O=CNCC(=O)c1cccs1. The highest BCUT2D eigenvalue weighted by molar-refractivity contribution is 7.12. The normalized spacial score (nSPS) is 9.09. The van der Waals surface area contributed by atoms with Crippen LogP contribution in [0, 0.1) is 0 Å². The van der Waals surface area contributed by atoms with Gasteiger partial charge in [0.05, 0.1) is 11.4 Å². The fourth-order valence-corrected chi connectivity index (χ4v) is 1.32. The van der Waals surface area contributed by atoms with Crippen molar-refractivity contribution in [3.63, 3.8) is 0 Å². The van der Waals surface area contributed by atoms with E-state index in [-0.39, 0.29) is 12.3 Å². The lowest BCUT2D eigenvalue weighted by molar-refractivity contribution is -0.109. The molecule has 1 amide bonds. The van der Waals surface area contributed by atoms with E-state index >= 15 is 0 Å². The van der Waals surface area contributed by atoms with Crippen LogP contribution in [0.2, 0.25) is 0 Å². The smallest absolute Gasteiger partial charge is 0.207 e. The summed E-state index contributed by atoms with van der Waals surface area (Å²) in [6, 6.07) is 3.54. The average molecular weight is 169 g/mol. The molecule has 3 nitrogen and oxygen atoms in total. The molecule has 58 valence electrons. The van der Waals surface area contributed by atoms with Crippen molar-refractivity contribution in [2.24, 2.45) is 0 Å². The summed E-state index contributed by atoms with van der Waals surface area (Å²) in [6.45, 7) is 0.0873. The number of ketones is 1. The molecule has 0 bridgehead atoms. The second-order valence-corrected chi connectivity index (χ2v) is 2.85. The third-order valence-corrected chi connectivity index (χ3v) is 2.05. The molecule has 11 heavy (non-hydrogen) atoms. The molecule has 1 aromatic heterocycles. The number of nitrogens with one attached hydrogen (secondary N) is 1. The third-order valence-electron chi connectivity index (χ3n) is 1.14. The summed E-state index contributed by atoms with van der Waals surface area (Å²) in [4.78, 5) is 21.6. The van der Waals surface area contributed by atoms with Gasteiger partial charge in [0.1, 0.15) is 0 Å². The van der Waals surface area contributed by atoms with E-state index in [1.165, 1.54) is 11.3 Å². The van der Waals surface area contributed by atoms with Gasteiger partial charge in [-0.2, -0.15) is 0 Å². The van der Waals surface area contributed by atoms with Gasteiger partial charge in [-0.15, -0.1) is 11.3 Å². The number of hydrogen-bond donors (Lipinski definition) is 1. The summed E-state index contributed by atoms with van der Waals surface area (Å²) in [5.74, 6) is -0.0490. The monoisotopic (exact) mass is 169 g/mol. The highest BCUT2D eigenvalue weighted by Gasteiger charge is 2.03. The summed E-state index contributed by atoms with van der Waals surface area (Å²) in [6.07, 6.45) is 0.519. The number of carbonyl (C=O) groups is 2. The number of carbonyl (C=O) groups excluding carboxylic acids is 2. The lowest BCUT2D eigenvalue weighted by atomic mass is 10.3. The van der Waals surface area contributed by atoms with Gasteiger partial charge in [-0.3, -0.25) is 9.59 Å². The molecule has 1 rings (SSSR count). The number of thiophene rings is 1. The van der Waals surface area contributed by atoms with Gasteiger partial charge in [-0.05, 0) is 11.4 Å². The van der Waals surface area contributed by atoms with Crippen LogP contribution in [0.5, 0.6) is 0 Å². The molecule has 1 heterocycles. The molecule has 4 heteroatoms. The van der Waals surface area contributed by atoms with Gasteiger partial charge in [0, 0.05) is 0 Å². The summed E-state index contributed by atoms with van der Waals surface area (Å²) >= 11 is 1.38. The van der Waals surface area contributed by atoms with Gasteiger partial charge in [-0.1, -0.05) is 6.07 Å². The van der Waals surface area contributed by atoms with Crippen LogP contribution in [0.15, 0.2) is 17.5 Å². The average Bonchev–Trinajstić information content (AvgIpc) is 2.52. The molecule has 0 aliphatic carbocycles. The maximum atomic E-state index is 11.1. The van der Waals surface area contributed by atoms with Crippen molar-refractivity contribution in [3.05, 3.63) is 22.4 Å². The van der Waals surface area contributed by atoms with Crippen LogP contribution in [-0.2, 0) is 4.79 Å². The van der Waals surface area contributed by atoms with Crippen LogP contribution in [0.3, 0.4) is 0 Å². The van der Waals surface area contributed by atoms with Gasteiger partial charge in [0.2, 0.25) is 6.41 Å². The summed E-state index contributed by atoms with van der Waals surface area (Å²) in [5, 5.41) is 4.14. The van der Waals surface area contributed by atoms with Crippen molar-refractivity contribution in [1.29, 1.82) is 0 Å². The molecule has 0 saturated heterocycles. The molecule has 0 atom stereocenters. The lowest BCUT2D eigenvalue weighted by Gasteiger charge is -1.93. The molecule has 0 aliphatic heterocycles. The largest absolute Gasteiger partial charge is 0.351 e. The zero-order chi connectivity index (χ0) is 8.10. The van der Waals surface area contributed by atoms with Crippen LogP contribution < -0.4 is 5.32 Å². The molecule has 1 N–H and O–H groups in total. The van der Waals surface area contributed by atoms with Gasteiger partial charge in [0.25, 0.3) is 0 Å². The van der Waals surface area contributed by atoms with E-state index in [2.05, 4.69) is 5.32 Å². The first-order valence-electron chi connectivity index (χ1n) is 3.08. The fourth-order valence-electron chi connectivity index (χ4n) is 0.659.